The highest BCUT2D eigenvalue weighted by Gasteiger charge is 2.31. The van der Waals surface area contributed by atoms with Gasteiger partial charge in [0, 0.05) is 26.4 Å². The lowest BCUT2D eigenvalue weighted by Crippen LogP contribution is -2.54. The van der Waals surface area contributed by atoms with E-state index in [1.807, 2.05) is 54.6 Å². The van der Waals surface area contributed by atoms with Crippen LogP contribution in [0.15, 0.2) is 72.8 Å². The molecule has 0 aromatic heterocycles. The number of phosphoric acid groups is 1. The summed E-state index contributed by atoms with van der Waals surface area (Å²) in [6.07, 6.45) is 2.29. The van der Waals surface area contributed by atoms with E-state index in [0.717, 1.165) is 29.5 Å². The zero-order valence-corrected chi connectivity index (χ0v) is 24.5. The molecule has 12 heteroatoms. The number of likely N-dealkylation sites (tertiary alicyclic amines) is 1. The summed E-state index contributed by atoms with van der Waals surface area (Å²) in [5, 5.41) is 5.40. The molecule has 0 spiro atoms. The van der Waals surface area contributed by atoms with Crippen molar-refractivity contribution in [3.63, 3.8) is 0 Å². The molecule has 1 aliphatic heterocycles. The number of hydrogen-bond donors (Lipinski definition) is 4. The van der Waals surface area contributed by atoms with Crippen molar-refractivity contribution in [3.8, 4) is 16.9 Å². The quantitative estimate of drug-likeness (QED) is 0.191. The van der Waals surface area contributed by atoms with Crippen LogP contribution in [0.4, 0.5) is 0 Å². The SMILES string of the molecule is CC(=O)N[C@H](Cc1ccc(OP(=O)(O)O)c(C=O)c1)C(=O)N[C@H]1CCCCN(Cc2ccc(-c3ccccc3)cc2)C1=O. The fraction of sp³-hybridized carbons (Fsp3) is 0.290. The van der Waals surface area contributed by atoms with E-state index < -0.39 is 31.7 Å². The highest BCUT2D eigenvalue weighted by atomic mass is 31.2. The molecule has 4 N–H and O–H groups in total. The van der Waals surface area contributed by atoms with Crippen LogP contribution in [0.3, 0.4) is 0 Å². The van der Waals surface area contributed by atoms with Crippen molar-refractivity contribution in [1.29, 1.82) is 0 Å². The van der Waals surface area contributed by atoms with Crippen LogP contribution in [0.5, 0.6) is 5.75 Å². The number of amides is 3. The first kappa shape index (κ1) is 31.6. The molecule has 0 aliphatic carbocycles. The molecule has 0 bridgehead atoms. The van der Waals surface area contributed by atoms with Gasteiger partial charge in [-0.05, 0) is 53.6 Å². The van der Waals surface area contributed by atoms with E-state index in [9.17, 15) is 23.7 Å². The summed E-state index contributed by atoms with van der Waals surface area (Å²) in [7, 11) is -4.89. The number of hydrogen-bond acceptors (Lipinski definition) is 6. The lowest BCUT2D eigenvalue weighted by Gasteiger charge is -2.27. The van der Waals surface area contributed by atoms with E-state index in [1.165, 1.54) is 25.1 Å². The van der Waals surface area contributed by atoms with E-state index in [2.05, 4.69) is 15.2 Å². The fourth-order valence-electron chi connectivity index (χ4n) is 5.04. The fourth-order valence-corrected chi connectivity index (χ4v) is 5.46. The number of aldehydes is 1. The summed E-state index contributed by atoms with van der Waals surface area (Å²) in [4.78, 5) is 70.2. The average Bonchev–Trinajstić information content (AvgIpc) is 3.14. The molecule has 226 valence electrons. The van der Waals surface area contributed by atoms with Crippen LogP contribution in [0, 0.1) is 0 Å². The minimum absolute atomic E-state index is 0.0408. The maximum absolute atomic E-state index is 13.5. The van der Waals surface area contributed by atoms with Crippen LogP contribution in [0.25, 0.3) is 11.1 Å². The monoisotopic (exact) mass is 607 g/mol. The first-order valence-electron chi connectivity index (χ1n) is 13.9. The maximum atomic E-state index is 13.5. The highest BCUT2D eigenvalue weighted by molar-refractivity contribution is 7.46. The van der Waals surface area contributed by atoms with Crippen molar-refractivity contribution in [2.75, 3.05) is 6.54 Å². The number of phosphoric ester groups is 1. The van der Waals surface area contributed by atoms with Gasteiger partial charge in [0.05, 0.1) is 5.56 Å². The van der Waals surface area contributed by atoms with Crippen molar-refractivity contribution in [2.24, 2.45) is 0 Å². The van der Waals surface area contributed by atoms with Crippen LogP contribution in [0.2, 0.25) is 0 Å². The molecular weight excluding hydrogens is 573 g/mol. The number of nitrogens with zero attached hydrogens (tertiary/aromatic N) is 1. The molecule has 1 fully saturated rings. The Morgan fingerprint density at radius 1 is 1.02 bits per heavy atom. The first-order valence-corrected chi connectivity index (χ1v) is 15.4. The van der Waals surface area contributed by atoms with Crippen molar-refractivity contribution in [2.45, 2.75) is 51.2 Å². The van der Waals surface area contributed by atoms with Crippen LogP contribution in [-0.4, -0.2) is 57.3 Å². The second-order valence-electron chi connectivity index (χ2n) is 10.4. The Labute approximate surface area is 249 Å². The third-order valence-corrected chi connectivity index (χ3v) is 7.52. The van der Waals surface area contributed by atoms with E-state index >= 15 is 0 Å². The number of nitrogens with one attached hydrogen (secondary N) is 2. The Morgan fingerprint density at radius 3 is 2.35 bits per heavy atom. The molecule has 0 saturated carbocycles. The van der Waals surface area contributed by atoms with Crippen molar-refractivity contribution >= 4 is 31.8 Å². The second-order valence-corrected chi connectivity index (χ2v) is 11.6. The van der Waals surface area contributed by atoms with Gasteiger partial charge < -0.3 is 20.1 Å². The van der Waals surface area contributed by atoms with Gasteiger partial charge in [0.1, 0.15) is 17.8 Å². The summed E-state index contributed by atoms with van der Waals surface area (Å²) in [6.45, 7) is 2.21. The van der Waals surface area contributed by atoms with Gasteiger partial charge in [-0.15, -0.1) is 0 Å². The molecule has 11 nitrogen and oxygen atoms in total. The van der Waals surface area contributed by atoms with Gasteiger partial charge in [-0.25, -0.2) is 4.57 Å². The zero-order valence-electron chi connectivity index (χ0n) is 23.6. The van der Waals surface area contributed by atoms with Crippen LogP contribution in [0.1, 0.15) is 47.7 Å². The lowest BCUT2D eigenvalue weighted by atomic mass is 10.0. The predicted molar refractivity (Wildman–Crippen MR) is 159 cm³/mol. The van der Waals surface area contributed by atoms with Crippen LogP contribution in [-0.2, 0) is 31.9 Å². The van der Waals surface area contributed by atoms with E-state index in [1.54, 1.807) is 4.90 Å². The average molecular weight is 608 g/mol. The largest absolute Gasteiger partial charge is 0.524 e. The molecule has 0 unspecified atom stereocenters. The summed E-state index contributed by atoms with van der Waals surface area (Å²) in [6, 6.07) is 20.1. The molecule has 3 aromatic carbocycles. The van der Waals surface area contributed by atoms with Crippen LogP contribution >= 0.6 is 7.82 Å². The Morgan fingerprint density at radius 2 is 1.70 bits per heavy atom. The van der Waals surface area contributed by atoms with E-state index in [-0.39, 0.29) is 23.6 Å². The number of rotatable bonds is 11. The molecule has 0 radical (unpaired) electrons. The van der Waals surface area contributed by atoms with Gasteiger partial charge in [-0.2, -0.15) is 0 Å². The molecule has 4 rings (SSSR count). The van der Waals surface area contributed by atoms with Gasteiger partial charge in [-0.1, -0.05) is 60.7 Å². The Balaban J connectivity index is 1.44. The zero-order chi connectivity index (χ0) is 31.0. The van der Waals surface area contributed by atoms with Gasteiger partial charge in [0.2, 0.25) is 17.7 Å². The minimum Gasteiger partial charge on any atom is -0.403 e. The van der Waals surface area contributed by atoms with Gasteiger partial charge in [0.15, 0.2) is 6.29 Å². The topological polar surface area (TPSA) is 162 Å². The highest BCUT2D eigenvalue weighted by Crippen LogP contribution is 2.39. The summed E-state index contributed by atoms with van der Waals surface area (Å²) >= 11 is 0. The third-order valence-electron chi connectivity index (χ3n) is 7.08. The van der Waals surface area contributed by atoms with Crippen LogP contribution < -0.4 is 15.2 Å². The molecule has 1 heterocycles. The second kappa shape index (κ2) is 14.2. The molecule has 3 aromatic rings. The normalized spacial score (nSPS) is 16.1. The lowest BCUT2D eigenvalue weighted by molar-refractivity contribution is -0.137. The number of carbonyl (C=O) groups excluding carboxylic acids is 4. The van der Waals surface area contributed by atoms with Gasteiger partial charge >= 0.3 is 7.82 Å². The van der Waals surface area contributed by atoms with E-state index in [0.29, 0.717) is 31.4 Å². The number of benzene rings is 3. The minimum atomic E-state index is -4.89. The van der Waals surface area contributed by atoms with E-state index in [4.69, 9.17) is 9.79 Å². The standard InChI is InChI=1S/C31H34N3O8P/c1-21(36)32-28(18-23-12-15-29(26(17-23)20-35)42-43(39,40)41)30(37)33-27-9-5-6-16-34(31(27)38)19-22-10-13-25(14-11-22)24-7-3-2-4-8-24/h2-4,7-8,10-15,17,20,27-28H,5-6,9,16,18-19H2,1H3,(H,32,36)(H,33,37)(H2,39,40,41)/t27-,28+/m0/s1. The maximum Gasteiger partial charge on any atom is 0.524 e. The van der Waals surface area contributed by atoms with Crippen molar-refractivity contribution in [3.05, 3.63) is 89.5 Å². The molecule has 1 saturated heterocycles. The molecule has 3 amide bonds. The Kier molecular flexibility index (Phi) is 10.5. The summed E-state index contributed by atoms with van der Waals surface area (Å²) in [5.41, 5.74) is 3.44. The molecule has 1 aliphatic rings. The van der Waals surface area contributed by atoms with Crippen molar-refractivity contribution < 1.29 is 38.1 Å². The summed E-state index contributed by atoms with van der Waals surface area (Å²) < 4.78 is 15.7. The predicted octanol–water partition coefficient (Wildman–Crippen LogP) is 3.38. The Hall–Kier alpha value is -4.31. The molecular formula is C31H34N3O8P. The van der Waals surface area contributed by atoms with Gasteiger partial charge in [0.25, 0.3) is 0 Å². The first-order chi connectivity index (χ1) is 20.5. The van der Waals surface area contributed by atoms with Crippen molar-refractivity contribution in [1.82, 2.24) is 15.5 Å². The molecule has 2 atom stereocenters. The smallest absolute Gasteiger partial charge is 0.403 e. The number of carbonyl (C=O) groups is 4. The third kappa shape index (κ3) is 9.09. The molecule has 43 heavy (non-hydrogen) atoms. The Bertz CT molecular complexity index is 1510. The van der Waals surface area contributed by atoms with Gasteiger partial charge in [-0.3, -0.25) is 29.0 Å². The summed E-state index contributed by atoms with van der Waals surface area (Å²) in [5.74, 6) is -1.55.